The van der Waals surface area contributed by atoms with Crippen LogP contribution in [-0.4, -0.2) is 21.1 Å². The van der Waals surface area contributed by atoms with Crippen molar-refractivity contribution in [3.8, 4) is 0 Å². The van der Waals surface area contributed by atoms with E-state index in [-0.39, 0.29) is 5.91 Å². The Morgan fingerprint density at radius 3 is 3.00 bits per heavy atom. The van der Waals surface area contributed by atoms with Crippen LogP contribution >= 0.6 is 11.3 Å². The average Bonchev–Trinajstić information content (AvgIpc) is 3.18. The first kappa shape index (κ1) is 13.0. The van der Waals surface area contributed by atoms with Crippen molar-refractivity contribution >= 4 is 38.4 Å². The third kappa shape index (κ3) is 2.23. The summed E-state index contributed by atoms with van der Waals surface area (Å²) >= 11 is 1.59. The Hall–Kier alpha value is -2.73. The Kier molecular flexibility index (Phi) is 3.08. The molecular weight excluding hydrogens is 296 g/mol. The molecular formula is C16H12N4OS. The Morgan fingerprint density at radius 2 is 2.09 bits per heavy atom. The highest BCUT2D eigenvalue weighted by atomic mass is 32.1. The second-order valence-corrected chi connectivity index (χ2v) is 6.01. The molecule has 2 N–H and O–H groups in total. The Balaban J connectivity index is 1.56. The van der Waals surface area contributed by atoms with E-state index in [1.54, 1.807) is 23.6 Å². The molecule has 1 amide bonds. The van der Waals surface area contributed by atoms with Gasteiger partial charge in [-0.1, -0.05) is 24.3 Å². The highest BCUT2D eigenvalue weighted by Crippen LogP contribution is 2.21. The number of para-hydroxylation sites is 2. The highest BCUT2D eigenvalue weighted by molar-refractivity contribution is 7.18. The molecule has 5 nitrogen and oxygen atoms in total. The lowest BCUT2D eigenvalue weighted by Gasteiger charge is -2.04. The van der Waals surface area contributed by atoms with Crippen molar-refractivity contribution in [1.29, 1.82) is 0 Å². The molecule has 0 aliphatic rings. The number of hydrogen-bond acceptors (Lipinski definition) is 4. The quantitative estimate of drug-likeness (QED) is 0.611. The van der Waals surface area contributed by atoms with Crippen LogP contribution in [-0.2, 0) is 6.54 Å². The van der Waals surface area contributed by atoms with Gasteiger partial charge < -0.3 is 5.32 Å². The maximum Gasteiger partial charge on any atom is 0.253 e. The van der Waals surface area contributed by atoms with E-state index in [9.17, 15) is 4.79 Å². The number of carbonyl (C=O) groups excluding carboxylic acids is 1. The lowest BCUT2D eigenvalue weighted by molar-refractivity contribution is 0.0952. The number of nitrogens with one attached hydrogen (secondary N) is 2. The maximum atomic E-state index is 12.4. The van der Waals surface area contributed by atoms with Gasteiger partial charge in [-0.3, -0.25) is 9.89 Å². The normalized spacial score (nSPS) is 11.1. The van der Waals surface area contributed by atoms with Gasteiger partial charge in [0.15, 0.2) is 0 Å². The number of benzene rings is 2. The van der Waals surface area contributed by atoms with Crippen LogP contribution in [0.2, 0.25) is 0 Å². The van der Waals surface area contributed by atoms with Crippen LogP contribution in [0.4, 0.5) is 0 Å². The monoisotopic (exact) mass is 308 g/mol. The SMILES string of the molecule is O=C(NCc1nc2ccccc2s1)c1cccc2cn[nH]c12. The number of amides is 1. The Morgan fingerprint density at radius 1 is 1.18 bits per heavy atom. The van der Waals surface area contributed by atoms with E-state index >= 15 is 0 Å². The maximum absolute atomic E-state index is 12.4. The van der Waals surface area contributed by atoms with Gasteiger partial charge in [-0.05, 0) is 18.2 Å². The second kappa shape index (κ2) is 5.23. The second-order valence-electron chi connectivity index (χ2n) is 4.90. The molecule has 0 saturated carbocycles. The van der Waals surface area contributed by atoms with Gasteiger partial charge in [0.25, 0.3) is 5.91 Å². The van der Waals surface area contributed by atoms with Crippen molar-refractivity contribution in [2.45, 2.75) is 6.54 Å². The number of thiazole rings is 1. The van der Waals surface area contributed by atoms with Gasteiger partial charge in [0.1, 0.15) is 5.01 Å². The molecule has 0 radical (unpaired) electrons. The molecule has 2 aromatic heterocycles. The van der Waals surface area contributed by atoms with Gasteiger partial charge in [-0.2, -0.15) is 5.10 Å². The molecule has 4 aromatic rings. The van der Waals surface area contributed by atoms with Gasteiger partial charge in [-0.25, -0.2) is 4.98 Å². The van der Waals surface area contributed by atoms with E-state index < -0.39 is 0 Å². The summed E-state index contributed by atoms with van der Waals surface area (Å²) in [6, 6.07) is 13.5. The molecule has 0 spiro atoms. The molecule has 0 unspecified atom stereocenters. The summed E-state index contributed by atoms with van der Waals surface area (Å²) < 4.78 is 1.13. The predicted molar refractivity (Wildman–Crippen MR) is 86.9 cm³/mol. The van der Waals surface area contributed by atoms with Crippen LogP contribution in [0.1, 0.15) is 15.4 Å². The molecule has 22 heavy (non-hydrogen) atoms. The molecule has 2 aromatic carbocycles. The smallest absolute Gasteiger partial charge is 0.253 e. The van der Waals surface area contributed by atoms with Crippen LogP contribution in [0.3, 0.4) is 0 Å². The van der Waals surface area contributed by atoms with E-state index in [1.165, 1.54) is 0 Å². The number of nitrogens with zero attached hydrogens (tertiary/aromatic N) is 2. The number of fused-ring (bicyclic) bond motifs is 2. The summed E-state index contributed by atoms with van der Waals surface area (Å²) in [6.45, 7) is 0.419. The molecule has 0 atom stereocenters. The fourth-order valence-electron chi connectivity index (χ4n) is 2.40. The number of rotatable bonds is 3. The lowest BCUT2D eigenvalue weighted by atomic mass is 10.1. The van der Waals surface area contributed by atoms with Crippen molar-refractivity contribution in [2.75, 3.05) is 0 Å². The summed E-state index contributed by atoms with van der Waals surface area (Å²) in [5.41, 5.74) is 2.31. The summed E-state index contributed by atoms with van der Waals surface area (Å²) in [7, 11) is 0. The van der Waals surface area contributed by atoms with Crippen molar-refractivity contribution in [3.63, 3.8) is 0 Å². The number of hydrogen-bond donors (Lipinski definition) is 2. The van der Waals surface area contributed by atoms with Crippen molar-refractivity contribution in [1.82, 2.24) is 20.5 Å². The summed E-state index contributed by atoms with van der Waals surface area (Å²) in [6.07, 6.45) is 1.71. The average molecular weight is 308 g/mol. The summed E-state index contributed by atoms with van der Waals surface area (Å²) in [5.74, 6) is -0.130. The zero-order chi connectivity index (χ0) is 14.9. The molecule has 0 saturated heterocycles. The van der Waals surface area contributed by atoms with Crippen LogP contribution in [0.5, 0.6) is 0 Å². The lowest BCUT2D eigenvalue weighted by Crippen LogP contribution is -2.23. The first-order valence-corrected chi connectivity index (χ1v) is 7.68. The van der Waals surface area contributed by atoms with Gasteiger partial charge in [-0.15, -0.1) is 11.3 Å². The standard InChI is InChI=1S/C16H12N4OS/c21-16(11-5-3-4-10-8-18-20-15(10)11)17-9-14-19-12-6-1-2-7-13(12)22-14/h1-8H,9H2,(H,17,21)(H,18,20). The summed E-state index contributed by atoms with van der Waals surface area (Å²) in [5, 5.41) is 11.6. The van der Waals surface area contributed by atoms with Crippen LogP contribution in [0.25, 0.3) is 21.1 Å². The van der Waals surface area contributed by atoms with Crippen molar-refractivity contribution < 1.29 is 4.79 Å². The van der Waals surface area contributed by atoms with Gasteiger partial charge in [0.05, 0.1) is 34.0 Å². The zero-order valence-corrected chi connectivity index (χ0v) is 12.4. The van der Waals surface area contributed by atoms with E-state index in [2.05, 4.69) is 20.5 Å². The molecule has 0 bridgehead atoms. The third-order valence-corrected chi connectivity index (χ3v) is 4.50. The molecule has 0 aliphatic heterocycles. The molecule has 6 heteroatoms. The molecule has 4 rings (SSSR count). The van der Waals surface area contributed by atoms with Crippen molar-refractivity contribution in [2.24, 2.45) is 0 Å². The minimum atomic E-state index is -0.130. The van der Waals surface area contributed by atoms with Crippen LogP contribution in [0, 0.1) is 0 Å². The van der Waals surface area contributed by atoms with Crippen LogP contribution in [0.15, 0.2) is 48.7 Å². The van der Waals surface area contributed by atoms with Gasteiger partial charge >= 0.3 is 0 Å². The molecule has 0 aliphatic carbocycles. The van der Waals surface area contributed by atoms with E-state index in [4.69, 9.17) is 0 Å². The van der Waals surface area contributed by atoms with Crippen LogP contribution < -0.4 is 5.32 Å². The minimum absolute atomic E-state index is 0.130. The van der Waals surface area contributed by atoms with E-state index in [0.29, 0.717) is 12.1 Å². The first-order valence-electron chi connectivity index (χ1n) is 6.86. The van der Waals surface area contributed by atoms with E-state index in [0.717, 1.165) is 26.1 Å². The fraction of sp³-hybridized carbons (Fsp3) is 0.0625. The highest BCUT2D eigenvalue weighted by Gasteiger charge is 2.12. The fourth-order valence-corrected chi connectivity index (χ4v) is 3.31. The molecule has 2 heterocycles. The predicted octanol–water partition coefficient (Wildman–Crippen LogP) is 3.10. The largest absolute Gasteiger partial charge is 0.345 e. The van der Waals surface area contributed by atoms with Gasteiger partial charge in [0.2, 0.25) is 0 Å². The number of carbonyl (C=O) groups is 1. The Bertz CT molecular complexity index is 939. The molecule has 0 fully saturated rings. The topological polar surface area (TPSA) is 70.7 Å². The van der Waals surface area contributed by atoms with E-state index in [1.807, 2.05) is 36.4 Å². The van der Waals surface area contributed by atoms with Gasteiger partial charge in [0, 0.05) is 5.39 Å². The third-order valence-electron chi connectivity index (χ3n) is 3.46. The minimum Gasteiger partial charge on any atom is -0.345 e. The number of aromatic nitrogens is 3. The zero-order valence-electron chi connectivity index (χ0n) is 11.5. The number of H-pyrrole nitrogens is 1. The van der Waals surface area contributed by atoms with Crippen molar-refractivity contribution in [3.05, 3.63) is 59.2 Å². The summed E-state index contributed by atoms with van der Waals surface area (Å²) in [4.78, 5) is 16.9. The first-order chi connectivity index (χ1) is 10.8. The Labute approximate surface area is 130 Å². The molecule has 108 valence electrons. The number of aromatic amines is 1.